The van der Waals surface area contributed by atoms with Crippen LogP contribution in [-0.2, 0) is 12.6 Å². The van der Waals surface area contributed by atoms with E-state index in [9.17, 15) is 13.2 Å². The van der Waals surface area contributed by atoms with Crippen molar-refractivity contribution < 1.29 is 13.2 Å². The van der Waals surface area contributed by atoms with Gasteiger partial charge in [0.25, 0.3) is 0 Å². The lowest BCUT2D eigenvalue weighted by molar-refractivity contribution is -0.137. The quantitative estimate of drug-likeness (QED) is 0.901. The molecule has 1 aromatic heterocycles. The fraction of sp³-hybridized carbons (Fsp3) is 0.214. The Labute approximate surface area is 129 Å². The van der Waals surface area contributed by atoms with Gasteiger partial charge in [0.2, 0.25) is 0 Å². The summed E-state index contributed by atoms with van der Waals surface area (Å²) in [6.45, 7) is 0.467. The van der Waals surface area contributed by atoms with E-state index in [2.05, 4.69) is 4.98 Å². The molecular formula is C14H12ClF3N2S. The van der Waals surface area contributed by atoms with Crippen LogP contribution < -0.4 is 5.73 Å². The van der Waals surface area contributed by atoms with Crippen molar-refractivity contribution in [1.29, 1.82) is 0 Å². The van der Waals surface area contributed by atoms with Crippen molar-refractivity contribution in [3.63, 3.8) is 0 Å². The normalized spacial score (nSPS) is 11.7. The molecule has 0 saturated carbocycles. The first-order chi connectivity index (χ1) is 9.90. The Balaban J connectivity index is 2.22. The maximum atomic E-state index is 12.5. The third kappa shape index (κ3) is 4.36. The molecule has 0 atom stereocenters. The van der Waals surface area contributed by atoms with Crippen LogP contribution in [0.4, 0.5) is 13.2 Å². The van der Waals surface area contributed by atoms with Crippen molar-refractivity contribution in [2.75, 3.05) is 6.54 Å². The Morgan fingerprint density at radius 2 is 1.95 bits per heavy atom. The van der Waals surface area contributed by atoms with Gasteiger partial charge in [-0.25, -0.2) is 4.98 Å². The molecule has 0 aliphatic rings. The minimum absolute atomic E-state index is 0.467. The first-order valence-electron chi connectivity index (χ1n) is 6.10. The summed E-state index contributed by atoms with van der Waals surface area (Å²) in [6.07, 6.45) is -2.90. The number of alkyl halides is 3. The fourth-order valence-corrected chi connectivity index (χ4v) is 2.81. The zero-order valence-electron chi connectivity index (χ0n) is 10.8. The molecular weight excluding hydrogens is 321 g/mol. The Hall–Kier alpha value is -1.24. The predicted molar refractivity (Wildman–Crippen MR) is 77.6 cm³/mol. The van der Waals surface area contributed by atoms with Gasteiger partial charge in [0.1, 0.15) is 5.03 Å². The molecule has 1 aromatic carbocycles. The molecule has 0 aliphatic heterocycles. The Kier molecular flexibility index (Phi) is 5.13. The van der Waals surface area contributed by atoms with E-state index >= 15 is 0 Å². The van der Waals surface area contributed by atoms with Crippen molar-refractivity contribution >= 4 is 23.4 Å². The smallest absolute Gasteiger partial charge is 0.330 e. The molecule has 112 valence electrons. The van der Waals surface area contributed by atoms with Crippen LogP contribution in [0.1, 0.15) is 11.1 Å². The largest absolute Gasteiger partial charge is 0.417 e. The number of hydrogen-bond acceptors (Lipinski definition) is 3. The van der Waals surface area contributed by atoms with E-state index in [0.29, 0.717) is 23.0 Å². The van der Waals surface area contributed by atoms with Gasteiger partial charge in [-0.1, -0.05) is 23.4 Å². The van der Waals surface area contributed by atoms with E-state index in [0.717, 1.165) is 22.7 Å². The number of aromatic nitrogens is 1. The van der Waals surface area contributed by atoms with Gasteiger partial charge in [-0.2, -0.15) is 13.2 Å². The number of nitrogens with two attached hydrogens (primary N) is 1. The van der Waals surface area contributed by atoms with Gasteiger partial charge in [-0.05, 0) is 48.9 Å². The molecule has 0 bridgehead atoms. The summed E-state index contributed by atoms with van der Waals surface area (Å²) in [4.78, 5) is 4.73. The van der Waals surface area contributed by atoms with Crippen LogP contribution >= 0.6 is 23.4 Å². The first-order valence-corrected chi connectivity index (χ1v) is 7.29. The van der Waals surface area contributed by atoms with Gasteiger partial charge >= 0.3 is 6.18 Å². The van der Waals surface area contributed by atoms with Gasteiger partial charge in [-0.15, -0.1) is 0 Å². The van der Waals surface area contributed by atoms with E-state index in [-0.39, 0.29) is 0 Å². The summed E-state index contributed by atoms with van der Waals surface area (Å²) in [6, 6.07) is 7.73. The lowest BCUT2D eigenvalue weighted by atomic mass is 10.1. The topological polar surface area (TPSA) is 38.9 Å². The summed E-state index contributed by atoms with van der Waals surface area (Å²) in [7, 11) is 0. The van der Waals surface area contributed by atoms with Crippen LogP contribution in [0, 0.1) is 0 Å². The summed E-state index contributed by atoms with van der Waals surface area (Å²) in [5.41, 5.74) is 5.74. The van der Waals surface area contributed by atoms with Crippen LogP contribution in [0.25, 0.3) is 0 Å². The van der Waals surface area contributed by atoms with Crippen molar-refractivity contribution in [2.24, 2.45) is 5.73 Å². The Morgan fingerprint density at radius 1 is 1.19 bits per heavy atom. The number of nitrogens with zero attached hydrogens (tertiary/aromatic N) is 1. The molecule has 0 amide bonds. The molecule has 0 unspecified atom stereocenters. The SMILES string of the molecule is NCCc1cc(Cl)ccc1Sc1ccc(C(F)(F)F)cn1. The lowest BCUT2D eigenvalue weighted by Gasteiger charge is -2.10. The van der Waals surface area contributed by atoms with E-state index in [1.165, 1.54) is 17.8 Å². The highest BCUT2D eigenvalue weighted by Crippen LogP contribution is 2.33. The van der Waals surface area contributed by atoms with Gasteiger partial charge in [0.05, 0.1) is 5.56 Å². The second-order valence-corrected chi connectivity index (χ2v) is 5.77. The molecule has 0 aliphatic carbocycles. The molecule has 2 nitrogen and oxygen atoms in total. The number of rotatable bonds is 4. The highest BCUT2D eigenvalue weighted by Gasteiger charge is 2.30. The van der Waals surface area contributed by atoms with E-state index in [4.69, 9.17) is 17.3 Å². The van der Waals surface area contributed by atoms with Gasteiger partial charge in [-0.3, -0.25) is 0 Å². The predicted octanol–water partition coefficient (Wildman–Crippen LogP) is 4.41. The summed E-state index contributed by atoms with van der Waals surface area (Å²) in [5, 5.41) is 1.09. The first kappa shape index (κ1) is 16.1. The maximum absolute atomic E-state index is 12.5. The zero-order chi connectivity index (χ0) is 15.5. The highest BCUT2D eigenvalue weighted by atomic mass is 35.5. The van der Waals surface area contributed by atoms with Crippen molar-refractivity contribution in [3.8, 4) is 0 Å². The molecule has 2 aromatic rings. The van der Waals surface area contributed by atoms with Crippen LogP contribution in [-0.4, -0.2) is 11.5 Å². The maximum Gasteiger partial charge on any atom is 0.417 e. The Bertz CT molecular complexity index is 615. The second-order valence-electron chi connectivity index (χ2n) is 4.28. The minimum atomic E-state index is -4.37. The summed E-state index contributed by atoms with van der Waals surface area (Å²) < 4.78 is 37.4. The summed E-state index contributed by atoms with van der Waals surface area (Å²) >= 11 is 7.23. The average Bonchev–Trinajstić information content (AvgIpc) is 2.42. The summed E-state index contributed by atoms with van der Waals surface area (Å²) in [5.74, 6) is 0. The molecule has 7 heteroatoms. The van der Waals surface area contributed by atoms with E-state index in [1.54, 1.807) is 12.1 Å². The fourth-order valence-electron chi connectivity index (χ4n) is 1.72. The third-order valence-corrected chi connectivity index (χ3v) is 4.02. The van der Waals surface area contributed by atoms with E-state index < -0.39 is 11.7 Å². The van der Waals surface area contributed by atoms with Crippen LogP contribution in [0.2, 0.25) is 5.02 Å². The number of halogens is 4. The molecule has 21 heavy (non-hydrogen) atoms. The number of pyridine rings is 1. The molecule has 0 fully saturated rings. The molecule has 0 spiro atoms. The minimum Gasteiger partial charge on any atom is -0.330 e. The van der Waals surface area contributed by atoms with Gasteiger partial charge in [0, 0.05) is 16.1 Å². The number of hydrogen-bond donors (Lipinski definition) is 1. The monoisotopic (exact) mass is 332 g/mol. The lowest BCUT2D eigenvalue weighted by Crippen LogP contribution is -2.05. The molecule has 0 saturated heterocycles. The van der Waals surface area contributed by atoms with Crippen molar-refractivity contribution in [2.45, 2.75) is 22.5 Å². The average molecular weight is 333 g/mol. The molecule has 2 N–H and O–H groups in total. The van der Waals surface area contributed by atoms with Gasteiger partial charge in [0.15, 0.2) is 0 Å². The van der Waals surface area contributed by atoms with E-state index in [1.807, 2.05) is 6.07 Å². The van der Waals surface area contributed by atoms with Crippen LogP contribution in [0.3, 0.4) is 0 Å². The second kappa shape index (κ2) is 6.68. The highest BCUT2D eigenvalue weighted by molar-refractivity contribution is 7.99. The Morgan fingerprint density at radius 3 is 2.52 bits per heavy atom. The van der Waals surface area contributed by atoms with Crippen molar-refractivity contribution in [1.82, 2.24) is 4.98 Å². The zero-order valence-corrected chi connectivity index (χ0v) is 12.4. The standard InChI is InChI=1S/C14H12ClF3N2S/c15-11-2-3-12(9(7-11)5-6-19)21-13-4-1-10(8-20-13)14(16,17)18/h1-4,7-8H,5-6,19H2. The molecule has 0 radical (unpaired) electrons. The van der Waals surface area contributed by atoms with Gasteiger partial charge < -0.3 is 5.73 Å². The third-order valence-electron chi connectivity index (χ3n) is 2.71. The number of benzene rings is 1. The molecule has 2 rings (SSSR count). The van der Waals surface area contributed by atoms with Crippen LogP contribution in [0.15, 0.2) is 46.5 Å². The molecule has 1 heterocycles. The van der Waals surface area contributed by atoms with Crippen LogP contribution in [0.5, 0.6) is 0 Å². The van der Waals surface area contributed by atoms with Crippen molar-refractivity contribution in [3.05, 3.63) is 52.7 Å².